The molecule has 0 N–H and O–H groups in total. The van der Waals surface area contributed by atoms with Gasteiger partial charge in [0.2, 0.25) is 0 Å². The van der Waals surface area contributed by atoms with Crippen LogP contribution < -0.4 is 0 Å². The molecule has 0 aromatic heterocycles. The Morgan fingerprint density at radius 3 is 2.11 bits per heavy atom. The van der Waals surface area contributed by atoms with Crippen molar-refractivity contribution < 1.29 is 0 Å². The van der Waals surface area contributed by atoms with Crippen LogP contribution in [0.2, 0.25) is 0 Å². The average Bonchev–Trinajstić information content (AvgIpc) is 3.44. The first-order valence-electron chi connectivity index (χ1n) is 16.4. The van der Waals surface area contributed by atoms with Gasteiger partial charge in [0.1, 0.15) is 0 Å². The fraction of sp³-hybridized carbons (Fsp3) is 0.200. The minimum atomic E-state index is 1.02. The molecule has 3 aliphatic rings. The maximum absolute atomic E-state index is 4.17. The van der Waals surface area contributed by atoms with Crippen LogP contribution in [0.5, 0.6) is 0 Å². The van der Waals surface area contributed by atoms with E-state index in [0.717, 1.165) is 38.5 Å². The molecule has 0 bridgehead atoms. The molecular weight excluding hydrogens is 540 g/mol. The maximum Gasteiger partial charge on any atom is -0.00330 e. The second-order valence-corrected chi connectivity index (χ2v) is 12.4. The summed E-state index contributed by atoms with van der Waals surface area (Å²) in [5.74, 6) is 0. The largest absolute Gasteiger partial charge is 0.0991 e. The molecule has 0 heterocycles. The van der Waals surface area contributed by atoms with Crippen LogP contribution in [-0.2, 0) is 12.8 Å². The zero-order valence-corrected chi connectivity index (χ0v) is 27.2. The van der Waals surface area contributed by atoms with Crippen molar-refractivity contribution in [1.82, 2.24) is 0 Å². The first-order chi connectivity index (χ1) is 22.0. The van der Waals surface area contributed by atoms with Crippen LogP contribution in [0.1, 0.15) is 77.1 Å². The number of allylic oxidation sites excluding steroid dienone is 12. The van der Waals surface area contributed by atoms with Gasteiger partial charge in [-0.3, -0.25) is 0 Å². The minimum absolute atomic E-state index is 1.02. The summed E-state index contributed by atoms with van der Waals surface area (Å²) >= 11 is 0. The summed E-state index contributed by atoms with van der Waals surface area (Å²) in [4.78, 5) is 0. The molecule has 45 heavy (non-hydrogen) atoms. The quantitative estimate of drug-likeness (QED) is 0.219. The van der Waals surface area contributed by atoms with E-state index in [-0.39, 0.29) is 0 Å². The van der Waals surface area contributed by atoms with Gasteiger partial charge < -0.3 is 0 Å². The smallest absolute Gasteiger partial charge is 0.00330 e. The van der Waals surface area contributed by atoms with Gasteiger partial charge >= 0.3 is 0 Å². The zero-order chi connectivity index (χ0) is 31.5. The van der Waals surface area contributed by atoms with Crippen LogP contribution in [0.3, 0.4) is 0 Å². The Morgan fingerprint density at radius 1 is 0.756 bits per heavy atom. The molecule has 0 spiro atoms. The highest BCUT2D eigenvalue weighted by Gasteiger charge is 2.24. The SMILES string of the molecule is C=C/C=C\c1c(C)c(-c2ccc3c(c2)C(C=C)=C(CC)C3)c(C)c(/C=C\C=C)c1-c1ccc2c(c1)CCC(C1=CC=CCC1)=C2. The van der Waals surface area contributed by atoms with Crippen molar-refractivity contribution in [2.24, 2.45) is 0 Å². The molecule has 0 aliphatic heterocycles. The average molecular weight is 585 g/mol. The van der Waals surface area contributed by atoms with Gasteiger partial charge in [-0.05, 0) is 142 Å². The third-order valence-electron chi connectivity index (χ3n) is 9.85. The Morgan fingerprint density at radius 2 is 1.47 bits per heavy atom. The third-order valence-corrected chi connectivity index (χ3v) is 9.85. The van der Waals surface area contributed by atoms with E-state index >= 15 is 0 Å². The van der Waals surface area contributed by atoms with Crippen molar-refractivity contribution >= 4 is 23.8 Å². The maximum atomic E-state index is 4.17. The van der Waals surface area contributed by atoms with E-state index in [1.807, 2.05) is 18.2 Å². The van der Waals surface area contributed by atoms with Crippen molar-refractivity contribution in [2.45, 2.75) is 59.3 Å². The molecule has 0 nitrogen and oxygen atoms in total. The molecule has 0 heteroatoms. The number of benzene rings is 3. The van der Waals surface area contributed by atoms with Crippen LogP contribution >= 0.6 is 0 Å². The van der Waals surface area contributed by atoms with E-state index in [0.29, 0.717) is 0 Å². The molecule has 0 saturated heterocycles. The standard InChI is InChI=1S/C45H44/c1-7-11-18-41-30(5)44(39-25-23-37-26-32(9-3)40(10-4)43(37)29-39)31(6)42(19-12-8-2)45(41)38-24-22-35-27-34(20-21-36(35)28-38)33-16-14-13-15-17-33/h7-8,10-14,16,18-19,22-25,27-29H,1-2,4,9,15,17,20-21,26H2,3,5-6H3/b18-11-,19-12-. The second-order valence-electron chi connectivity index (χ2n) is 12.4. The Hall–Kier alpha value is -4.68. The number of rotatable bonds is 9. The van der Waals surface area contributed by atoms with Crippen LogP contribution in [0.4, 0.5) is 0 Å². The summed E-state index contributed by atoms with van der Waals surface area (Å²) in [5, 5.41) is 0. The molecule has 6 rings (SSSR count). The summed E-state index contributed by atoms with van der Waals surface area (Å²) in [6.45, 7) is 19.0. The fourth-order valence-electron chi connectivity index (χ4n) is 7.55. The third kappa shape index (κ3) is 5.67. The molecule has 3 aromatic carbocycles. The first-order valence-corrected chi connectivity index (χ1v) is 16.4. The molecule has 0 unspecified atom stereocenters. The molecule has 3 aliphatic carbocycles. The summed E-state index contributed by atoms with van der Waals surface area (Å²) in [5.41, 5.74) is 21.4. The normalized spacial score (nSPS) is 15.7. The minimum Gasteiger partial charge on any atom is -0.0991 e. The Balaban J connectivity index is 1.55. The van der Waals surface area contributed by atoms with Crippen molar-refractivity contribution in [3.63, 3.8) is 0 Å². The molecule has 0 saturated carbocycles. The highest BCUT2D eigenvalue weighted by atomic mass is 14.3. The van der Waals surface area contributed by atoms with Crippen molar-refractivity contribution in [3.8, 4) is 22.3 Å². The van der Waals surface area contributed by atoms with E-state index in [4.69, 9.17) is 0 Å². The van der Waals surface area contributed by atoms with Crippen molar-refractivity contribution in [3.05, 3.63) is 166 Å². The van der Waals surface area contributed by atoms with Crippen LogP contribution in [0.25, 0.3) is 46.1 Å². The molecule has 0 fully saturated rings. The van der Waals surface area contributed by atoms with E-state index in [1.165, 1.54) is 89.1 Å². The predicted molar refractivity (Wildman–Crippen MR) is 199 cm³/mol. The van der Waals surface area contributed by atoms with Gasteiger partial charge in [0.05, 0.1) is 0 Å². The fourth-order valence-corrected chi connectivity index (χ4v) is 7.55. The van der Waals surface area contributed by atoms with Gasteiger partial charge in [0, 0.05) is 0 Å². The second kappa shape index (κ2) is 13.1. The first kappa shape index (κ1) is 30.4. The number of hydrogen-bond donors (Lipinski definition) is 0. The van der Waals surface area contributed by atoms with Crippen LogP contribution in [0.15, 0.2) is 121 Å². The van der Waals surface area contributed by atoms with Crippen LogP contribution in [-0.4, -0.2) is 0 Å². The number of aryl methyl sites for hydroxylation is 1. The summed E-state index contributed by atoms with van der Waals surface area (Å²) in [7, 11) is 0. The van der Waals surface area contributed by atoms with E-state index in [1.54, 1.807) is 0 Å². The molecule has 3 aromatic rings. The summed E-state index contributed by atoms with van der Waals surface area (Å²) in [6.07, 6.45) is 30.1. The summed E-state index contributed by atoms with van der Waals surface area (Å²) < 4.78 is 0. The lowest BCUT2D eigenvalue weighted by atomic mass is 9.80. The Kier molecular flexibility index (Phi) is 8.85. The van der Waals surface area contributed by atoms with E-state index < -0.39 is 0 Å². The van der Waals surface area contributed by atoms with Crippen molar-refractivity contribution in [2.75, 3.05) is 0 Å². The topological polar surface area (TPSA) is 0 Å². The highest BCUT2D eigenvalue weighted by molar-refractivity contribution is 5.94. The van der Waals surface area contributed by atoms with Gasteiger partial charge in [0.25, 0.3) is 0 Å². The lowest BCUT2D eigenvalue weighted by molar-refractivity contribution is 0.884. The van der Waals surface area contributed by atoms with E-state index in [2.05, 4.69) is 126 Å². The van der Waals surface area contributed by atoms with Gasteiger partial charge in [-0.15, -0.1) is 0 Å². The van der Waals surface area contributed by atoms with Gasteiger partial charge in [-0.25, -0.2) is 0 Å². The lowest BCUT2D eigenvalue weighted by Gasteiger charge is -2.24. The monoisotopic (exact) mass is 584 g/mol. The molecular formula is C45H44. The Bertz CT molecular complexity index is 1860. The number of hydrogen-bond acceptors (Lipinski definition) is 0. The predicted octanol–water partition coefficient (Wildman–Crippen LogP) is 12.5. The van der Waals surface area contributed by atoms with E-state index in [9.17, 15) is 0 Å². The van der Waals surface area contributed by atoms with Crippen LogP contribution in [0, 0.1) is 13.8 Å². The zero-order valence-electron chi connectivity index (χ0n) is 27.2. The molecule has 224 valence electrons. The Labute approximate surface area is 270 Å². The van der Waals surface area contributed by atoms with Gasteiger partial charge in [0.15, 0.2) is 0 Å². The highest BCUT2D eigenvalue weighted by Crippen LogP contribution is 2.45. The molecule has 0 radical (unpaired) electrons. The molecule has 0 amide bonds. The van der Waals surface area contributed by atoms with Gasteiger partial charge in [-0.2, -0.15) is 0 Å². The summed E-state index contributed by atoms with van der Waals surface area (Å²) in [6, 6.07) is 14.1. The number of fused-ring (bicyclic) bond motifs is 2. The van der Waals surface area contributed by atoms with Gasteiger partial charge in [-0.1, -0.05) is 129 Å². The molecule has 0 atom stereocenters. The van der Waals surface area contributed by atoms with Crippen molar-refractivity contribution in [1.29, 1.82) is 0 Å². The lowest BCUT2D eigenvalue weighted by Crippen LogP contribution is -2.04.